The van der Waals surface area contributed by atoms with Gasteiger partial charge in [-0.1, -0.05) is 29.8 Å². The molecule has 1 aromatic carbocycles. The highest BCUT2D eigenvalue weighted by molar-refractivity contribution is 6.30. The Hall–Kier alpha value is -1.91. The van der Waals surface area contributed by atoms with Crippen molar-refractivity contribution in [3.8, 4) is 0 Å². The van der Waals surface area contributed by atoms with Gasteiger partial charge in [0, 0.05) is 30.4 Å². The SMILES string of the molecule is O=C(CCN1CCCC1)N[C@H](c1ccc(Cl)cc1)c1cccnc1. The van der Waals surface area contributed by atoms with Gasteiger partial charge in [-0.15, -0.1) is 0 Å². The lowest BCUT2D eigenvalue weighted by atomic mass is 10.00. The zero-order valence-corrected chi connectivity index (χ0v) is 14.4. The number of carbonyl (C=O) groups is 1. The minimum atomic E-state index is -0.206. The zero-order valence-electron chi connectivity index (χ0n) is 13.6. The Balaban J connectivity index is 1.70. The number of likely N-dealkylation sites (tertiary alicyclic amines) is 1. The van der Waals surface area contributed by atoms with Crippen LogP contribution in [0.4, 0.5) is 0 Å². The van der Waals surface area contributed by atoms with Gasteiger partial charge in [-0.2, -0.15) is 0 Å². The highest BCUT2D eigenvalue weighted by Gasteiger charge is 2.18. The summed E-state index contributed by atoms with van der Waals surface area (Å²) >= 11 is 5.99. The third kappa shape index (κ3) is 4.56. The smallest absolute Gasteiger partial charge is 0.222 e. The second-order valence-electron chi connectivity index (χ2n) is 6.14. The van der Waals surface area contributed by atoms with Crippen molar-refractivity contribution in [2.75, 3.05) is 19.6 Å². The number of nitrogens with one attached hydrogen (secondary N) is 1. The molecule has 3 rings (SSSR count). The number of nitrogens with zero attached hydrogens (tertiary/aromatic N) is 2. The fourth-order valence-electron chi connectivity index (χ4n) is 3.06. The van der Waals surface area contributed by atoms with Crippen molar-refractivity contribution in [3.05, 3.63) is 64.9 Å². The first-order valence-electron chi connectivity index (χ1n) is 8.39. The Labute approximate surface area is 147 Å². The van der Waals surface area contributed by atoms with Gasteiger partial charge < -0.3 is 10.2 Å². The van der Waals surface area contributed by atoms with Gasteiger partial charge in [0.25, 0.3) is 0 Å². The molecule has 0 aliphatic carbocycles. The first-order chi connectivity index (χ1) is 11.7. The summed E-state index contributed by atoms with van der Waals surface area (Å²) < 4.78 is 0. The average molecular weight is 344 g/mol. The summed E-state index contributed by atoms with van der Waals surface area (Å²) in [5, 5.41) is 3.83. The molecule has 5 heteroatoms. The Morgan fingerprint density at radius 1 is 1.17 bits per heavy atom. The van der Waals surface area contributed by atoms with Crippen LogP contribution in [-0.4, -0.2) is 35.4 Å². The lowest BCUT2D eigenvalue weighted by molar-refractivity contribution is -0.121. The van der Waals surface area contributed by atoms with Crippen molar-refractivity contribution >= 4 is 17.5 Å². The molecule has 0 radical (unpaired) electrons. The largest absolute Gasteiger partial charge is 0.345 e. The molecule has 2 heterocycles. The molecule has 1 aromatic heterocycles. The van der Waals surface area contributed by atoms with Gasteiger partial charge in [0.05, 0.1) is 6.04 Å². The van der Waals surface area contributed by atoms with Gasteiger partial charge in [0.15, 0.2) is 0 Å². The van der Waals surface area contributed by atoms with E-state index in [1.54, 1.807) is 12.4 Å². The number of carbonyl (C=O) groups excluding carboxylic acids is 1. The number of aromatic nitrogens is 1. The summed E-state index contributed by atoms with van der Waals surface area (Å²) in [5.41, 5.74) is 1.97. The molecule has 0 unspecified atom stereocenters. The summed E-state index contributed by atoms with van der Waals surface area (Å²) in [6, 6.07) is 11.2. The number of halogens is 1. The lowest BCUT2D eigenvalue weighted by Gasteiger charge is -2.21. The molecule has 126 valence electrons. The molecule has 1 atom stereocenters. The number of benzene rings is 1. The third-order valence-electron chi connectivity index (χ3n) is 4.38. The molecular formula is C19H22ClN3O. The van der Waals surface area contributed by atoms with E-state index in [0.29, 0.717) is 11.4 Å². The van der Waals surface area contributed by atoms with Crippen LogP contribution in [0.25, 0.3) is 0 Å². The molecule has 1 aliphatic heterocycles. The molecule has 2 aromatic rings. The zero-order chi connectivity index (χ0) is 16.8. The van der Waals surface area contributed by atoms with Crippen LogP contribution in [0.5, 0.6) is 0 Å². The first-order valence-corrected chi connectivity index (χ1v) is 8.77. The summed E-state index contributed by atoms with van der Waals surface area (Å²) in [6.07, 6.45) is 6.53. The molecule has 0 bridgehead atoms. The summed E-state index contributed by atoms with van der Waals surface area (Å²) in [7, 11) is 0. The maximum Gasteiger partial charge on any atom is 0.222 e. The molecule has 1 aliphatic rings. The maximum absolute atomic E-state index is 12.4. The van der Waals surface area contributed by atoms with Crippen LogP contribution in [0.3, 0.4) is 0 Å². The van der Waals surface area contributed by atoms with Gasteiger partial charge in [-0.25, -0.2) is 0 Å². The maximum atomic E-state index is 12.4. The van der Waals surface area contributed by atoms with E-state index >= 15 is 0 Å². The van der Waals surface area contributed by atoms with E-state index in [1.165, 1.54) is 12.8 Å². The predicted molar refractivity (Wildman–Crippen MR) is 96.0 cm³/mol. The van der Waals surface area contributed by atoms with E-state index in [0.717, 1.165) is 30.8 Å². The highest BCUT2D eigenvalue weighted by atomic mass is 35.5. The van der Waals surface area contributed by atoms with Crippen LogP contribution < -0.4 is 5.32 Å². The molecule has 24 heavy (non-hydrogen) atoms. The topological polar surface area (TPSA) is 45.2 Å². The van der Waals surface area contributed by atoms with Gasteiger partial charge in [-0.3, -0.25) is 9.78 Å². The van der Waals surface area contributed by atoms with Crippen molar-refractivity contribution in [3.63, 3.8) is 0 Å². The summed E-state index contributed by atoms with van der Waals surface area (Å²) in [4.78, 5) is 19.0. The first kappa shape index (κ1) is 16.9. The second-order valence-corrected chi connectivity index (χ2v) is 6.57. The van der Waals surface area contributed by atoms with Crippen LogP contribution in [-0.2, 0) is 4.79 Å². The molecule has 1 amide bonds. The number of amides is 1. The number of hydrogen-bond donors (Lipinski definition) is 1. The third-order valence-corrected chi connectivity index (χ3v) is 4.63. The molecule has 1 N–H and O–H groups in total. The lowest BCUT2D eigenvalue weighted by Crippen LogP contribution is -2.32. The van der Waals surface area contributed by atoms with Gasteiger partial charge >= 0.3 is 0 Å². The van der Waals surface area contributed by atoms with Crippen molar-refractivity contribution in [2.45, 2.75) is 25.3 Å². The number of hydrogen-bond acceptors (Lipinski definition) is 3. The number of pyridine rings is 1. The fraction of sp³-hybridized carbons (Fsp3) is 0.368. The summed E-state index contributed by atoms with van der Waals surface area (Å²) in [6.45, 7) is 3.04. The quantitative estimate of drug-likeness (QED) is 0.874. The molecule has 0 saturated carbocycles. The van der Waals surface area contributed by atoms with E-state index < -0.39 is 0 Å². The van der Waals surface area contributed by atoms with Crippen molar-refractivity contribution in [2.24, 2.45) is 0 Å². The van der Waals surface area contributed by atoms with Crippen LogP contribution in [0.2, 0.25) is 5.02 Å². The Kier molecular flexibility index (Phi) is 5.83. The van der Waals surface area contributed by atoms with Crippen molar-refractivity contribution < 1.29 is 4.79 Å². The fourth-order valence-corrected chi connectivity index (χ4v) is 3.19. The Morgan fingerprint density at radius 2 is 1.92 bits per heavy atom. The molecule has 4 nitrogen and oxygen atoms in total. The molecular weight excluding hydrogens is 322 g/mol. The van der Waals surface area contributed by atoms with E-state index in [9.17, 15) is 4.79 Å². The normalized spacial score (nSPS) is 16.0. The van der Waals surface area contributed by atoms with Gasteiger partial charge in [-0.05, 0) is 55.3 Å². The summed E-state index contributed by atoms with van der Waals surface area (Å²) in [5.74, 6) is 0.0608. The Morgan fingerprint density at radius 3 is 2.58 bits per heavy atom. The van der Waals surface area contributed by atoms with E-state index in [1.807, 2.05) is 36.4 Å². The predicted octanol–water partition coefficient (Wildman–Crippen LogP) is 3.43. The minimum absolute atomic E-state index is 0.0608. The standard InChI is InChI=1S/C19H22ClN3O/c20-17-7-5-15(6-8-17)19(16-4-3-10-21-14-16)22-18(24)9-13-23-11-1-2-12-23/h3-8,10,14,19H,1-2,9,11-13H2,(H,22,24)/t19-/m1/s1. The molecule has 0 spiro atoms. The van der Waals surface area contributed by atoms with Crippen molar-refractivity contribution in [1.29, 1.82) is 0 Å². The average Bonchev–Trinajstić information content (AvgIpc) is 3.13. The highest BCUT2D eigenvalue weighted by Crippen LogP contribution is 2.23. The minimum Gasteiger partial charge on any atom is -0.345 e. The van der Waals surface area contributed by atoms with Crippen LogP contribution >= 0.6 is 11.6 Å². The second kappa shape index (κ2) is 8.27. The monoisotopic (exact) mass is 343 g/mol. The van der Waals surface area contributed by atoms with Gasteiger partial charge in [0.1, 0.15) is 0 Å². The molecule has 1 fully saturated rings. The molecule has 1 saturated heterocycles. The van der Waals surface area contributed by atoms with Crippen LogP contribution in [0, 0.1) is 0 Å². The number of rotatable bonds is 6. The van der Waals surface area contributed by atoms with E-state index in [4.69, 9.17) is 11.6 Å². The van der Waals surface area contributed by atoms with Crippen molar-refractivity contribution in [1.82, 2.24) is 15.2 Å². The van der Waals surface area contributed by atoms with E-state index in [-0.39, 0.29) is 11.9 Å². The van der Waals surface area contributed by atoms with Crippen LogP contribution in [0.1, 0.15) is 36.4 Å². The van der Waals surface area contributed by atoms with E-state index in [2.05, 4.69) is 15.2 Å². The Bertz CT molecular complexity index is 654. The van der Waals surface area contributed by atoms with Gasteiger partial charge in [0.2, 0.25) is 5.91 Å². The van der Waals surface area contributed by atoms with Crippen LogP contribution in [0.15, 0.2) is 48.8 Å².